The molecule has 0 bridgehead atoms. The normalized spacial score (nSPS) is 21.4. The predicted octanol–water partition coefficient (Wildman–Crippen LogP) is 1.50. The first-order chi connectivity index (χ1) is 9.41. The number of nitrogen functional groups attached to an aromatic ring is 1. The largest absolute Gasteiger partial charge is 0.308 e. The van der Waals surface area contributed by atoms with Crippen LogP contribution in [-0.4, -0.2) is 29.9 Å². The zero-order chi connectivity index (χ0) is 14.5. The zero-order valence-electron chi connectivity index (χ0n) is 11.3. The number of nitrogens with one attached hydrogen (secondary N) is 1. The van der Waals surface area contributed by atoms with Gasteiger partial charge < -0.3 is 5.43 Å². The van der Waals surface area contributed by atoms with Gasteiger partial charge in [0.25, 0.3) is 0 Å². The van der Waals surface area contributed by atoms with Crippen molar-refractivity contribution in [2.24, 2.45) is 5.84 Å². The first-order valence-electron chi connectivity index (χ1n) is 6.36. The molecular formula is C12H16N4O2S2. The third-order valence-electron chi connectivity index (χ3n) is 3.78. The summed E-state index contributed by atoms with van der Waals surface area (Å²) in [5, 5.41) is 0.930. The third kappa shape index (κ3) is 2.17. The minimum Gasteiger partial charge on any atom is -0.308 e. The second-order valence-corrected chi connectivity index (χ2v) is 8.57. The molecule has 1 aliphatic rings. The summed E-state index contributed by atoms with van der Waals surface area (Å²) in [6, 6.07) is 0. The number of aryl methyl sites for hydroxylation is 2. The van der Waals surface area contributed by atoms with Crippen LogP contribution < -0.4 is 11.3 Å². The van der Waals surface area contributed by atoms with Gasteiger partial charge in [-0.15, -0.1) is 11.3 Å². The third-order valence-corrected chi connectivity index (χ3v) is 6.65. The summed E-state index contributed by atoms with van der Waals surface area (Å²) in [7, 11) is -2.95. The van der Waals surface area contributed by atoms with E-state index in [0.717, 1.165) is 15.8 Å². The number of thiophene rings is 1. The van der Waals surface area contributed by atoms with Crippen LogP contribution in [0.15, 0.2) is 0 Å². The van der Waals surface area contributed by atoms with Crippen LogP contribution >= 0.6 is 11.3 Å². The SMILES string of the molecule is Cc1sc2nc(C3CCS(=O)(=O)C3)nc(NN)c2c1C. The molecule has 1 unspecified atom stereocenters. The Bertz CT molecular complexity index is 782. The quantitative estimate of drug-likeness (QED) is 0.644. The second kappa shape index (κ2) is 4.64. The number of hydrogen-bond acceptors (Lipinski definition) is 7. The van der Waals surface area contributed by atoms with E-state index >= 15 is 0 Å². The second-order valence-electron chi connectivity index (χ2n) is 5.14. The lowest BCUT2D eigenvalue weighted by Gasteiger charge is -2.09. The van der Waals surface area contributed by atoms with Gasteiger partial charge in [0.1, 0.15) is 10.7 Å². The maximum absolute atomic E-state index is 11.6. The Morgan fingerprint density at radius 2 is 2.10 bits per heavy atom. The van der Waals surface area contributed by atoms with Crippen LogP contribution in [0.3, 0.4) is 0 Å². The van der Waals surface area contributed by atoms with E-state index in [-0.39, 0.29) is 17.4 Å². The average molecular weight is 312 g/mol. The van der Waals surface area contributed by atoms with Gasteiger partial charge in [-0.1, -0.05) is 0 Å². The first kappa shape index (κ1) is 13.7. The molecule has 0 spiro atoms. The van der Waals surface area contributed by atoms with E-state index in [0.29, 0.717) is 18.1 Å². The molecule has 3 heterocycles. The number of nitrogens with two attached hydrogens (primary N) is 1. The smallest absolute Gasteiger partial charge is 0.152 e. The van der Waals surface area contributed by atoms with Crippen molar-refractivity contribution in [3.8, 4) is 0 Å². The van der Waals surface area contributed by atoms with Crippen LogP contribution in [0.5, 0.6) is 0 Å². The lowest BCUT2D eigenvalue weighted by atomic mass is 10.1. The van der Waals surface area contributed by atoms with Crippen LogP contribution in [-0.2, 0) is 9.84 Å². The number of nitrogens with zero attached hydrogens (tertiary/aromatic N) is 2. The molecule has 1 fully saturated rings. The summed E-state index contributed by atoms with van der Waals surface area (Å²) < 4.78 is 23.2. The fraction of sp³-hybridized carbons (Fsp3) is 0.500. The Kier molecular flexibility index (Phi) is 3.19. The number of rotatable bonds is 2. The number of aromatic nitrogens is 2. The summed E-state index contributed by atoms with van der Waals surface area (Å²) in [4.78, 5) is 11.0. The molecule has 2 aromatic heterocycles. The summed E-state index contributed by atoms with van der Waals surface area (Å²) in [5.74, 6) is 6.94. The lowest BCUT2D eigenvalue weighted by molar-refractivity contribution is 0.601. The van der Waals surface area contributed by atoms with E-state index in [9.17, 15) is 8.42 Å². The predicted molar refractivity (Wildman–Crippen MR) is 80.7 cm³/mol. The Morgan fingerprint density at radius 1 is 1.35 bits per heavy atom. The molecule has 0 radical (unpaired) electrons. The summed E-state index contributed by atoms with van der Waals surface area (Å²) in [6.45, 7) is 4.04. The van der Waals surface area contributed by atoms with Crippen LogP contribution in [0.2, 0.25) is 0 Å². The van der Waals surface area contributed by atoms with Gasteiger partial charge in [-0.3, -0.25) is 0 Å². The van der Waals surface area contributed by atoms with Crippen molar-refractivity contribution in [2.75, 3.05) is 16.9 Å². The minimum atomic E-state index is -2.95. The molecule has 0 aromatic carbocycles. The number of sulfone groups is 1. The van der Waals surface area contributed by atoms with Crippen molar-refractivity contribution >= 4 is 37.2 Å². The summed E-state index contributed by atoms with van der Waals surface area (Å²) in [6.07, 6.45) is 0.585. The van der Waals surface area contributed by atoms with Crippen LogP contribution in [0.1, 0.15) is 28.6 Å². The van der Waals surface area contributed by atoms with E-state index in [4.69, 9.17) is 5.84 Å². The van der Waals surface area contributed by atoms with Gasteiger partial charge in [-0.05, 0) is 25.8 Å². The van der Waals surface area contributed by atoms with Crippen molar-refractivity contribution in [3.63, 3.8) is 0 Å². The van der Waals surface area contributed by atoms with Crippen molar-refractivity contribution < 1.29 is 8.42 Å². The van der Waals surface area contributed by atoms with Gasteiger partial charge in [0.05, 0.1) is 16.9 Å². The maximum atomic E-state index is 11.6. The van der Waals surface area contributed by atoms with Gasteiger partial charge in [0.15, 0.2) is 15.7 Å². The highest BCUT2D eigenvalue weighted by Gasteiger charge is 2.31. The highest BCUT2D eigenvalue weighted by atomic mass is 32.2. The van der Waals surface area contributed by atoms with Gasteiger partial charge in [-0.2, -0.15) is 0 Å². The van der Waals surface area contributed by atoms with Crippen LogP contribution in [0.25, 0.3) is 10.2 Å². The van der Waals surface area contributed by atoms with Crippen LogP contribution in [0, 0.1) is 13.8 Å². The highest BCUT2D eigenvalue weighted by Crippen LogP contribution is 2.35. The van der Waals surface area contributed by atoms with Gasteiger partial charge >= 0.3 is 0 Å². The standard InChI is InChI=1S/C12H16N4O2S2/c1-6-7(2)19-12-9(6)11(16-13)14-10(15-12)8-3-4-20(17,18)5-8/h8H,3-5,13H2,1-2H3,(H,14,15,16). The fourth-order valence-corrected chi connectivity index (χ4v) is 5.33. The summed E-state index contributed by atoms with van der Waals surface area (Å²) >= 11 is 1.59. The van der Waals surface area contributed by atoms with E-state index in [2.05, 4.69) is 15.4 Å². The van der Waals surface area contributed by atoms with Crippen LogP contribution in [0.4, 0.5) is 5.82 Å². The van der Waals surface area contributed by atoms with Gasteiger partial charge in [0, 0.05) is 10.8 Å². The molecule has 0 aliphatic carbocycles. The molecule has 108 valence electrons. The van der Waals surface area contributed by atoms with Gasteiger partial charge in [0.2, 0.25) is 0 Å². The average Bonchev–Trinajstić information content (AvgIpc) is 2.89. The number of anilines is 1. The summed E-state index contributed by atoms with van der Waals surface area (Å²) in [5.41, 5.74) is 3.73. The first-order valence-corrected chi connectivity index (χ1v) is 9.00. The molecule has 20 heavy (non-hydrogen) atoms. The molecular weight excluding hydrogens is 296 g/mol. The maximum Gasteiger partial charge on any atom is 0.152 e. The highest BCUT2D eigenvalue weighted by molar-refractivity contribution is 7.91. The topological polar surface area (TPSA) is 98.0 Å². The molecule has 0 saturated carbocycles. The number of hydrazine groups is 1. The van der Waals surface area contributed by atoms with Crippen molar-refractivity contribution in [1.82, 2.24) is 9.97 Å². The van der Waals surface area contributed by atoms with Crippen molar-refractivity contribution in [1.29, 1.82) is 0 Å². The van der Waals surface area contributed by atoms with E-state index in [1.165, 1.54) is 4.88 Å². The molecule has 1 atom stereocenters. The fourth-order valence-electron chi connectivity index (χ4n) is 2.55. The van der Waals surface area contributed by atoms with E-state index in [1.807, 2.05) is 13.8 Å². The molecule has 2 aromatic rings. The molecule has 6 nitrogen and oxygen atoms in total. The molecule has 1 saturated heterocycles. The van der Waals surface area contributed by atoms with Gasteiger partial charge in [-0.25, -0.2) is 24.2 Å². The Morgan fingerprint density at radius 3 is 2.70 bits per heavy atom. The Balaban J connectivity index is 2.14. The molecule has 8 heteroatoms. The van der Waals surface area contributed by atoms with Crippen molar-refractivity contribution in [3.05, 3.63) is 16.3 Å². The molecule has 3 N–H and O–H groups in total. The van der Waals surface area contributed by atoms with E-state index in [1.54, 1.807) is 11.3 Å². The minimum absolute atomic E-state index is 0.126. The number of hydrogen-bond donors (Lipinski definition) is 2. The molecule has 0 amide bonds. The Hall–Kier alpha value is -1.25. The van der Waals surface area contributed by atoms with Crippen molar-refractivity contribution in [2.45, 2.75) is 26.2 Å². The lowest BCUT2D eigenvalue weighted by Crippen LogP contribution is -2.13. The Labute approximate surface area is 121 Å². The zero-order valence-corrected chi connectivity index (χ0v) is 12.9. The monoisotopic (exact) mass is 312 g/mol. The number of fused-ring (bicyclic) bond motifs is 1. The molecule has 3 rings (SSSR count). The van der Waals surface area contributed by atoms with E-state index < -0.39 is 9.84 Å². The molecule has 1 aliphatic heterocycles.